The third-order valence-electron chi connectivity index (χ3n) is 2.39. The summed E-state index contributed by atoms with van der Waals surface area (Å²) in [6.07, 6.45) is 1.41. The van der Waals surface area contributed by atoms with Crippen LogP contribution in [0.3, 0.4) is 0 Å². The molecule has 0 saturated heterocycles. The molecule has 0 unspecified atom stereocenters. The summed E-state index contributed by atoms with van der Waals surface area (Å²) in [6, 6.07) is 8.38. The smallest absolute Gasteiger partial charge is 0.255 e. The second-order valence-electron chi connectivity index (χ2n) is 3.73. The van der Waals surface area contributed by atoms with Gasteiger partial charge in [-0.15, -0.1) is 0 Å². The molecule has 0 saturated carbocycles. The van der Waals surface area contributed by atoms with E-state index in [1.807, 2.05) is 0 Å². The number of halogens is 1. The molecule has 6 heteroatoms. The molecule has 1 aromatic heterocycles. The highest BCUT2D eigenvalue weighted by Crippen LogP contribution is 2.15. The molecule has 3 N–H and O–H groups in total. The van der Waals surface area contributed by atoms with Crippen molar-refractivity contribution in [2.24, 2.45) is 0 Å². The molecule has 0 fully saturated rings. The third-order valence-corrected chi connectivity index (χ3v) is 2.39. The molecule has 1 aromatic carbocycles. The van der Waals surface area contributed by atoms with E-state index in [2.05, 4.69) is 10.3 Å². The van der Waals surface area contributed by atoms with Crippen LogP contribution in [-0.2, 0) is 0 Å². The van der Waals surface area contributed by atoms with Crippen molar-refractivity contribution in [2.75, 3.05) is 11.1 Å². The lowest BCUT2D eigenvalue weighted by molar-refractivity contribution is 0.102. The molecule has 1 amide bonds. The number of carbonyl (C=O) groups is 1. The monoisotopic (exact) mass is 256 g/mol. The summed E-state index contributed by atoms with van der Waals surface area (Å²) in [6.45, 7) is 0. The van der Waals surface area contributed by atoms with Gasteiger partial charge in [0, 0.05) is 17.4 Å². The van der Waals surface area contributed by atoms with Gasteiger partial charge in [0.1, 0.15) is 17.7 Å². The number of aromatic nitrogens is 1. The van der Waals surface area contributed by atoms with Crippen molar-refractivity contribution in [2.45, 2.75) is 0 Å². The summed E-state index contributed by atoms with van der Waals surface area (Å²) in [4.78, 5) is 15.7. The maximum absolute atomic E-state index is 13.1. The summed E-state index contributed by atoms with van der Waals surface area (Å²) in [5.74, 6) is -0.817. The van der Waals surface area contributed by atoms with Crippen molar-refractivity contribution >= 4 is 17.4 Å². The molecule has 0 atom stereocenters. The van der Waals surface area contributed by atoms with Crippen molar-refractivity contribution in [3.63, 3.8) is 0 Å². The molecular weight excluding hydrogens is 247 g/mol. The van der Waals surface area contributed by atoms with Gasteiger partial charge in [0.05, 0.1) is 5.56 Å². The van der Waals surface area contributed by atoms with Crippen LogP contribution in [0.1, 0.15) is 15.9 Å². The van der Waals surface area contributed by atoms with Crippen molar-refractivity contribution in [3.8, 4) is 6.07 Å². The van der Waals surface area contributed by atoms with Gasteiger partial charge in [0.2, 0.25) is 0 Å². The molecule has 0 spiro atoms. The predicted octanol–water partition coefficient (Wildman–Crippen LogP) is 1.93. The molecule has 0 radical (unpaired) electrons. The molecule has 2 aromatic rings. The summed E-state index contributed by atoms with van der Waals surface area (Å²) in [5.41, 5.74) is 6.00. The molecule has 1 heterocycles. The number of benzene rings is 1. The second-order valence-corrected chi connectivity index (χ2v) is 3.73. The van der Waals surface area contributed by atoms with E-state index < -0.39 is 11.7 Å². The van der Waals surface area contributed by atoms with Crippen LogP contribution in [0.4, 0.5) is 15.9 Å². The molecule has 94 valence electrons. The fourth-order valence-corrected chi connectivity index (χ4v) is 1.48. The van der Waals surface area contributed by atoms with Crippen LogP contribution in [0.25, 0.3) is 0 Å². The van der Waals surface area contributed by atoms with E-state index >= 15 is 0 Å². The van der Waals surface area contributed by atoms with E-state index in [-0.39, 0.29) is 11.4 Å². The first-order valence-electron chi connectivity index (χ1n) is 5.32. The normalized spacial score (nSPS) is 9.68. The highest BCUT2D eigenvalue weighted by molar-refractivity contribution is 6.04. The second kappa shape index (κ2) is 5.14. The highest BCUT2D eigenvalue weighted by atomic mass is 19.1. The zero-order valence-electron chi connectivity index (χ0n) is 9.72. The Balaban J connectivity index is 2.22. The van der Waals surface area contributed by atoms with Gasteiger partial charge in [-0.25, -0.2) is 9.37 Å². The first-order chi connectivity index (χ1) is 9.10. The maximum atomic E-state index is 13.1. The zero-order valence-corrected chi connectivity index (χ0v) is 9.72. The van der Waals surface area contributed by atoms with Crippen LogP contribution in [0.15, 0.2) is 36.5 Å². The Morgan fingerprint density at radius 3 is 2.84 bits per heavy atom. The van der Waals surface area contributed by atoms with Crippen LogP contribution >= 0.6 is 0 Å². The summed E-state index contributed by atoms with van der Waals surface area (Å²) < 4.78 is 13.1. The standard InChI is InChI=1S/C13H9FN4O/c14-11-2-1-10(5-9(11)7-15)18-13(19)8-3-4-17-12(16)6-8/h1-6H,(H2,16,17)(H,18,19). The summed E-state index contributed by atoms with van der Waals surface area (Å²) >= 11 is 0. The SMILES string of the molecule is N#Cc1cc(NC(=O)c2ccnc(N)c2)ccc1F. The quantitative estimate of drug-likeness (QED) is 0.858. The van der Waals surface area contributed by atoms with Gasteiger partial charge in [-0.2, -0.15) is 5.26 Å². The maximum Gasteiger partial charge on any atom is 0.255 e. The number of hydrogen-bond acceptors (Lipinski definition) is 4. The van der Waals surface area contributed by atoms with E-state index in [1.54, 1.807) is 6.07 Å². The number of anilines is 2. The Kier molecular flexibility index (Phi) is 3.39. The van der Waals surface area contributed by atoms with Crippen molar-refractivity contribution < 1.29 is 9.18 Å². The molecule has 0 bridgehead atoms. The zero-order chi connectivity index (χ0) is 13.8. The van der Waals surface area contributed by atoms with Crippen molar-refractivity contribution in [1.82, 2.24) is 4.98 Å². The number of amides is 1. The van der Waals surface area contributed by atoms with Gasteiger partial charge in [0.15, 0.2) is 0 Å². The number of hydrogen-bond donors (Lipinski definition) is 2. The van der Waals surface area contributed by atoms with E-state index in [0.717, 1.165) is 6.07 Å². The number of rotatable bonds is 2. The lowest BCUT2D eigenvalue weighted by Crippen LogP contribution is -2.12. The minimum atomic E-state index is -0.631. The lowest BCUT2D eigenvalue weighted by Gasteiger charge is -2.06. The van der Waals surface area contributed by atoms with Gasteiger partial charge >= 0.3 is 0 Å². The number of nitrogens with two attached hydrogens (primary N) is 1. The summed E-state index contributed by atoms with van der Waals surface area (Å²) in [7, 11) is 0. The minimum absolute atomic E-state index is 0.132. The molecule has 2 rings (SSSR count). The first-order valence-corrected chi connectivity index (χ1v) is 5.32. The van der Waals surface area contributed by atoms with Gasteiger partial charge in [-0.3, -0.25) is 4.79 Å². The third kappa shape index (κ3) is 2.84. The Morgan fingerprint density at radius 1 is 1.37 bits per heavy atom. The summed E-state index contributed by atoms with van der Waals surface area (Å²) in [5, 5.41) is 11.3. The molecule has 5 nitrogen and oxygen atoms in total. The fraction of sp³-hybridized carbons (Fsp3) is 0. The largest absolute Gasteiger partial charge is 0.384 e. The van der Waals surface area contributed by atoms with Gasteiger partial charge in [-0.1, -0.05) is 0 Å². The van der Waals surface area contributed by atoms with E-state index in [0.29, 0.717) is 11.3 Å². The molecule has 0 aliphatic rings. The predicted molar refractivity (Wildman–Crippen MR) is 67.7 cm³/mol. The van der Waals surface area contributed by atoms with Crippen LogP contribution in [0.5, 0.6) is 0 Å². The van der Waals surface area contributed by atoms with Gasteiger partial charge < -0.3 is 11.1 Å². The molecular formula is C13H9FN4O. The number of nitriles is 1. The van der Waals surface area contributed by atoms with E-state index in [9.17, 15) is 9.18 Å². The number of pyridine rings is 1. The highest BCUT2D eigenvalue weighted by Gasteiger charge is 2.08. The average Bonchev–Trinajstić information content (AvgIpc) is 2.41. The molecule has 0 aliphatic carbocycles. The molecule has 0 aliphatic heterocycles. The lowest BCUT2D eigenvalue weighted by atomic mass is 10.2. The van der Waals surface area contributed by atoms with Crippen LogP contribution in [0.2, 0.25) is 0 Å². The number of nitrogens with one attached hydrogen (secondary N) is 1. The Bertz CT molecular complexity index is 679. The van der Waals surface area contributed by atoms with E-state index in [4.69, 9.17) is 11.0 Å². The molecule has 19 heavy (non-hydrogen) atoms. The van der Waals surface area contributed by atoms with Crippen molar-refractivity contribution in [3.05, 3.63) is 53.5 Å². The number of carbonyl (C=O) groups excluding carboxylic acids is 1. The first kappa shape index (κ1) is 12.5. The Hall–Kier alpha value is -2.94. The topological polar surface area (TPSA) is 91.8 Å². The van der Waals surface area contributed by atoms with Crippen LogP contribution in [0, 0.1) is 17.1 Å². The van der Waals surface area contributed by atoms with Crippen LogP contribution in [-0.4, -0.2) is 10.9 Å². The average molecular weight is 256 g/mol. The fourth-order valence-electron chi connectivity index (χ4n) is 1.48. The number of nitrogens with zero attached hydrogens (tertiary/aromatic N) is 2. The van der Waals surface area contributed by atoms with Crippen molar-refractivity contribution in [1.29, 1.82) is 5.26 Å². The Labute approximate surface area is 108 Å². The van der Waals surface area contributed by atoms with Crippen LogP contribution < -0.4 is 11.1 Å². The van der Waals surface area contributed by atoms with Gasteiger partial charge in [0.25, 0.3) is 5.91 Å². The Morgan fingerprint density at radius 2 is 2.16 bits per heavy atom. The number of nitrogen functional groups attached to an aromatic ring is 1. The minimum Gasteiger partial charge on any atom is -0.384 e. The van der Waals surface area contributed by atoms with E-state index in [1.165, 1.54) is 30.5 Å². The van der Waals surface area contributed by atoms with Gasteiger partial charge in [-0.05, 0) is 30.3 Å².